The Balaban J connectivity index is 2.20. The highest BCUT2D eigenvalue weighted by atomic mass is 35.5. The van der Waals surface area contributed by atoms with E-state index in [0.29, 0.717) is 31.7 Å². The molecule has 1 N–H and O–H groups in total. The molecule has 128 valence electrons. The van der Waals surface area contributed by atoms with E-state index in [1.54, 1.807) is 0 Å². The Labute approximate surface area is 142 Å². The van der Waals surface area contributed by atoms with Crippen molar-refractivity contribution in [1.29, 1.82) is 0 Å². The number of benzene rings is 1. The van der Waals surface area contributed by atoms with Gasteiger partial charge in [0.05, 0.1) is 5.02 Å². The summed E-state index contributed by atoms with van der Waals surface area (Å²) in [5.74, 6) is -0.304. The van der Waals surface area contributed by atoms with E-state index in [9.17, 15) is 13.2 Å². The van der Waals surface area contributed by atoms with Crippen LogP contribution in [0.4, 0.5) is 0 Å². The highest BCUT2D eigenvalue weighted by Gasteiger charge is 2.29. The third-order valence-electron chi connectivity index (χ3n) is 3.72. The average molecular weight is 360 g/mol. The molecular weight excluding hydrogens is 338 g/mol. The monoisotopic (exact) mass is 359 g/mol. The van der Waals surface area contributed by atoms with Crippen LogP contribution in [0.5, 0.6) is 0 Å². The molecule has 1 amide bonds. The van der Waals surface area contributed by atoms with Crippen LogP contribution in [0, 0.1) is 0 Å². The van der Waals surface area contributed by atoms with E-state index in [0.717, 1.165) is 12.8 Å². The summed E-state index contributed by atoms with van der Waals surface area (Å²) in [7, 11) is 0.178. The van der Waals surface area contributed by atoms with Crippen LogP contribution < -0.4 is 5.32 Å². The molecular formula is C15H22ClN3O3S. The van der Waals surface area contributed by atoms with Crippen molar-refractivity contribution >= 4 is 27.5 Å². The van der Waals surface area contributed by atoms with Crippen LogP contribution in [0.3, 0.4) is 0 Å². The second-order valence-corrected chi connectivity index (χ2v) is 8.13. The van der Waals surface area contributed by atoms with E-state index >= 15 is 0 Å². The number of amides is 1. The Kier molecular flexibility index (Phi) is 6.02. The first kappa shape index (κ1) is 18.2. The number of hydrogen-bond acceptors (Lipinski definition) is 4. The van der Waals surface area contributed by atoms with Crippen LogP contribution in [-0.4, -0.2) is 63.8 Å². The average Bonchev–Trinajstić information content (AvgIpc) is 3.02. The minimum atomic E-state index is -3.65. The third-order valence-corrected chi connectivity index (χ3v) is 6.10. The van der Waals surface area contributed by atoms with Gasteiger partial charge in [-0.25, -0.2) is 8.42 Å². The Morgan fingerprint density at radius 3 is 2.57 bits per heavy atom. The zero-order valence-electron chi connectivity index (χ0n) is 13.4. The first-order valence-electron chi connectivity index (χ1n) is 7.55. The van der Waals surface area contributed by atoms with E-state index in [2.05, 4.69) is 5.32 Å². The number of carbonyl (C=O) groups excluding carboxylic acids is 1. The molecule has 23 heavy (non-hydrogen) atoms. The maximum Gasteiger partial charge on any atom is 0.251 e. The summed E-state index contributed by atoms with van der Waals surface area (Å²) in [6.07, 6.45) is 1.70. The van der Waals surface area contributed by atoms with Crippen molar-refractivity contribution in [3.05, 3.63) is 28.8 Å². The zero-order valence-corrected chi connectivity index (χ0v) is 15.0. The van der Waals surface area contributed by atoms with Gasteiger partial charge in [0.15, 0.2) is 0 Å². The normalized spacial score (nSPS) is 16.0. The molecule has 1 aromatic carbocycles. The largest absolute Gasteiger partial charge is 0.351 e. The van der Waals surface area contributed by atoms with E-state index in [1.807, 2.05) is 19.0 Å². The van der Waals surface area contributed by atoms with Gasteiger partial charge in [0.2, 0.25) is 10.0 Å². The fraction of sp³-hybridized carbons (Fsp3) is 0.533. The Morgan fingerprint density at radius 1 is 1.30 bits per heavy atom. The van der Waals surface area contributed by atoms with Crippen LogP contribution in [0.1, 0.15) is 23.2 Å². The van der Waals surface area contributed by atoms with Crippen molar-refractivity contribution in [1.82, 2.24) is 14.5 Å². The number of hydrogen-bond donors (Lipinski definition) is 1. The molecule has 2 rings (SSSR count). The van der Waals surface area contributed by atoms with Gasteiger partial charge in [-0.1, -0.05) is 11.6 Å². The van der Waals surface area contributed by atoms with Crippen molar-refractivity contribution in [3.63, 3.8) is 0 Å². The van der Waals surface area contributed by atoms with Gasteiger partial charge < -0.3 is 10.2 Å². The summed E-state index contributed by atoms with van der Waals surface area (Å²) >= 11 is 6.07. The van der Waals surface area contributed by atoms with Crippen LogP contribution in [-0.2, 0) is 10.0 Å². The van der Waals surface area contributed by atoms with Crippen molar-refractivity contribution in [3.8, 4) is 0 Å². The Hall–Kier alpha value is -1.15. The Bertz CT molecular complexity index is 671. The number of rotatable bonds is 6. The molecule has 0 atom stereocenters. The van der Waals surface area contributed by atoms with Gasteiger partial charge in [-0.2, -0.15) is 4.31 Å². The lowest BCUT2D eigenvalue weighted by Crippen LogP contribution is -2.32. The zero-order chi connectivity index (χ0) is 17.0. The summed E-state index contributed by atoms with van der Waals surface area (Å²) in [5.41, 5.74) is 0.297. The molecule has 1 aromatic rings. The summed E-state index contributed by atoms with van der Waals surface area (Å²) < 4.78 is 26.7. The highest BCUT2D eigenvalue weighted by Crippen LogP contribution is 2.28. The molecule has 1 heterocycles. The second-order valence-electron chi connectivity index (χ2n) is 5.82. The van der Waals surface area contributed by atoms with Gasteiger partial charge in [0.25, 0.3) is 5.91 Å². The SMILES string of the molecule is CN(C)CCNC(=O)c1ccc(Cl)c(S(=O)(=O)N2CCCC2)c1. The predicted molar refractivity (Wildman–Crippen MR) is 90.3 cm³/mol. The summed E-state index contributed by atoms with van der Waals surface area (Å²) in [5, 5.41) is 2.91. The lowest BCUT2D eigenvalue weighted by molar-refractivity contribution is 0.0951. The van der Waals surface area contributed by atoms with Crippen molar-refractivity contribution < 1.29 is 13.2 Å². The quantitative estimate of drug-likeness (QED) is 0.833. The summed E-state index contributed by atoms with van der Waals surface area (Å²) in [6, 6.07) is 4.36. The van der Waals surface area contributed by atoms with Gasteiger partial charge in [-0.3, -0.25) is 4.79 Å². The Morgan fingerprint density at radius 2 is 1.96 bits per heavy atom. The van der Waals surface area contributed by atoms with Crippen LogP contribution >= 0.6 is 11.6 Å². The minimum absolute atomic E-state index is 0.00123. The fourth-order valence-electron chi connectivity index (χ4n) is 2.40. The number of nitrogens with one attached hydrogen (secondary N) is 1. The molecule has 1 aliphatic rings. The third kappa shape index (κ3) is 4.44. The fourth-order valence-corrected chi connectivity index (χ4v) is 4.42. The minimum Gasteiger partial charge on any atom is -0.351 e. The van der Waals surface area contributed by atoms with E-state index in [4.69, 9.17) is 11.6 Å². The number of halogens is 1. The molecule has 6 nitrogen and oxygen atoms in total. The topological polar surface area (TPSA) is 69.7 Å². The molecule has 0 bridgehead atoms. The van der Waals surface area contributed by atoms with Gasteiger partial charge in [0, 0.05) is 31.7 Å². The molecule has 1 saturated heterocycles. The molecule has 0 unspecified atom stereocenters. The first-order valence-corrected chi connectivity index (χ1v) is 9.37. The van der Waals surface area contributed by atoms with Crippen LogP contribution in [0.2, 0.25) is 5.02 Å². The number of likely N-dealkylation sites (N-methyl/N-ethyl adjacent to an activating group) is 1. The lowest BCUT2D eigenvalue weighted by atomic mass is 10.2. The van der Waals surface area contributed by atoms with Gasteiger partial charge in [-0.15, -0.1) is 0 Å². The number of sulfonamides is 1. The lowest BCUT2D eigenvalue weighted by Gasteiger charge is -2.17. The molecule has 0 aromatic heterocycles. The molecule has 0 aliphatic carbocycles. The summed E-state index contributed by atoms with van der Waals surface area (Å²) in [4.78, 5) is 14.1. The molecule has 1 aliphatic heterocycles. The molecule has 0 radical (unpaired) electrons. The van der Waals surface area contributed by atoms with E-state index in [1.165, 1.54) is 22.5 Å². The first-order chi connectivity index (χ1) is 10.8. The van der Waals surface area contributed by atoms with Crippen molar-refractivity contribution in [2.45, 2.75) is 17.7 Å². The van der Waals surface area contributed by atoms with Crippen molar-refractivity contribution in [2.75, 3.05) is 40.3 Å². The molecule has 1 fully saturated rings. The molecule has 8 heteroatoms. The van der Waals surface area contributed by atoms with Gasteiger partial charge in [0.1, 0.15) is 4.90 Å². The molecule has 0 spiro atoms. The van der Waals surface area contributed by atoms with Crippen molar-refractivity contribution in [2.24, 2.45) is 0 Å². The van der Waals surface area contributed by atoms with Gasteiger partial charge in [-0.05, 0) is 45.1 Å². The standard InChI is InChI=1S/C15H22ClN3O3S/c1-18(2)10-7-17-15(20)12-5-6-13(16)14(11-12)23(21,22)19-8-3-4-9-19/h5-6,11H,3-4,7-10H2,1-2H3,(H,17,20). The number of nitrogens with zero attached hydrogens (tertiary/aromatic N) is 2. The smallest absolute Gasteiger partial charge is 0.251 e. The highest BCUT2D eigenvalue weighted by molar-refractivity contribution is 7.89. The van der Waals surface area contributed by atoms with E-state index in [-0.39, 0.29) is 15.8 Å². The van der Waals surface area contributed by atoms with Crippen LogP contribution in [0.25, 0.3) is 0 Å². The maximum atomic E-state index is 12.6. The second kappa shape index (κ2) is 7.61. The van der Waals surface area contributed by atoms with E-state index < -0.39 is 10.0 Å². The van der Waals surface area contributed by atoms with Crippen LogP contribution in [0.15, 0.2) is 23.1 Å². The summed E-state index contributed by atoms with van der Waals surface area (Å²) in [6.45, 7) is 2.19. The number of carbonyl (C=O) groups is 1. The molecule has 0 saturated carbocycles. The predicted octanol–water partition coefficient (Wildman–Crippen LogP) is 1.42. The maximum absolute atomic E-state index is 12.6. The van der Waals surface area contributed by atoms with Gasteiger partial charge >= 0.3 is 0 Å².